The monoisotopic (exact) mass is 475 g/mol. The van der Waals surface area contributed by atoms with Crippen molar-refractivity contribution >= 4 is 41.2 Å². The van der Waals surface area contributed by atoms with Crippen molar-refractivity contribution in [3.8, 4) is 0 Å². The molecule has 1 heterocycles. The van der Waals surface area contributed by atoms with Gasteiger partial charge in [0.25, 0.3) is 0 Å². The van der Waals surface area contributed by atoms with Crippen molar-refractivity contribution in [3.63, 3.8) is 0 Å². The second kappa shape index (κ2) is 11.3. The van der Waals surface area contributed by atoms with Crippen LogP contribution in [0.15, 0.2) is 64.6 Å². The number of Topliss-reactive ketones (excluding diaryl/α,β-unsaturated/α-hetero) is 1. The van der Waals surface area contributed by atoms with Gasteiger partial charge in [0.05, 0.1) is 11.4 Å². The zero-order valence-electron chi connectivity index (χ0n) is 16.6. The molecule has 0 spiro atoms. The van der Waals surface area contributed by atoms with Crippen molar-refractivity contribution in [2.45, 2.75) is 35.7 Å². The number of nitrogens with one attached hydrogen (secondary N) is 1. The van der Waals surface area contributed by atoms with E-state index in [-0.39, 0.29) is 18.3 Å². The number of carbonyl (C=O) groups is 3. The zero-order valence-corrected chi connectivity index (χ0v) is 18.1. The first-order valence-corrected chi connectivity index (χ1v) is 10.5. The summed E-state index contributed by atoms with van der Waals surface area (Å²) in [7, 11) is 0. The van der Waals surface area contributed by atoms with Crippen molar-refractivity contribution in [1.82, 2.24) is 25.5 Å². The van der Waals surface area contributed by atoms with Crippen molar-refractivity contribution in [2.75, 3.05) is 0 Å². The minimum absolute atomic E-state index is 0.0199. The topological polar surface area (TPSA) is 136 Å². The van der Waals surface area contributed by atoms with Gasteiger partial charge in [-0.15, -0.1) is 10.2 Å². The lowest BCUT2D eigenvalue weighted by Gasteiger charge is -2.15. The number of aromatic nitrogens is 4. The first-order valence-electron chi connectivity index (χ1n) is 9.32. The Labute approximate surface area is 191 Å². The third-order valence-corrected chi connectivity index (χ3v) is 5.41. The smallest absolute Gasteiger partial charge is 0.408 e. The number of hydrogen-bond acceptors (Lipinski definition) is 8. The summed E-state index contributed by atoms with van der Waals surface area (Å²) in [4.78, 5) is 37.5. The quantitative estimate of drug-likeness (QED) is 0.453. The lowest BCUT2D eigenvalue weighted by Crippen LogP contribution is -2.44. The second-order valence-corrected chi connectivity index (χ2v) is 7.87. The van der Waals surface area contributed by atoms with Crippen LogP contribution in [0.3, 0.4) is 0 Å². The number of amides is 1. The fourth-order valence-electron chi connectivity index (χ4n) is 2.54. The number of halogens is 1. The number of aliphatic carboxylic acids is 1. The van der Waals surface area contributed by atoms with E-state index in [4.69, 9.17) is 21.4 Å². The summed E-state index contributed by atoms with van der Waals surface area (Å²) < 4.78 is 5.06. The van der Waals surface area contributed by atoms with E-state index in [1.807, 2.05) is 6.07 Å². The molecule has 2 aromatic carbocycles. The molecule has 0 radical (unpaired) electrons. The highest BCUT2D eigenvalue weighted by Crippen LogP contribution is 2.30. The molecule has 166 valence electrons. The number of carboxylic acid groups (broad SMARTS) is 1. The molecule has 1 amide bonds. The van der Waals surface area contributed by atoms with Crippen LogP contribution in [-0.4, -0.2) is 49.2 Å². The van der Waals surface area contributed by atoms with Gasteiger partial charge < -0.3 is 15.2 Å². The molecule has 12 heteroatoms. The maximum absolute atomic E-state index is 12.6. The summed E-state index contributed by atoms with van der Waals surface area (Å²) in [5.74, 6) is -1.87. The van der Waals surface area contributed by atoms with Crippen LogP contribution in [-0.2, 0) is 27.5 Å². The van der Waals surface area contributed by atoms with E-state index in [0.717, 1.165) is 22.1 Å². The van der Waals surface area contributed by atoms with E-state index in [2.05, 4.69) is 20.7 Å². The largest absolute Gasteiger partial charge is 0.481 e. The Morgan fingerprint density at radius 2 is 1.84 bits per heavy atom. The summed E-state index contributed by atoms with van der Waals surface area (Å²) in [6, 6.07) is 14.7. The number of carbonyl (C=O) groups excluding carboxylic acids is 2. The molecule has 32 heavy (non-hydrogen) atoms. The van der Waals surface area contributed by atoms with Gasteiger partial charge >= 0.3 is 12.1 Å². The molecule has 2 N–H and O–H groups in total. The Kier molecular flexibility index (Phi) is 8.17. The van der Waals surface area contributed by atoms with Crippen molar-refractivity contribution in [1.29, 1.82) is 0 Å². The van der Waals surface area contributed by atoms with E-state index in [1.165, 1.54) is 0 Å². The number of alkyl carbamates (subject to hydrolysis) is 1. The molecule has 10 nitrogen and oxygen atoms in total. The van der Waals surface area contributed by atoms with Crippen LogP contribution < -0.4 is 5.32 Å². The Bertz CT molecular complexity index is 1090. The average molecular weight is 476 g/mol. The van der Waals surface area contributed by atoms with Crippen LogP contribution in [0.2, 0.25) is 5.02 Å². The van der Waals surface area contributed by atoms with Crippen LogP contribution in [0.25, 0.3) is 0 Å². The van der Waals surface area contributed by atoms with E-state index in [0.29, 0.717) is 9.92 Å². The Morgan fingerprint density at radius 3 is 2.56 bits per heavy atom. The lowest BCUT2D eigenvalue weighted by molar-refractivity contribution is -0.139. The lowest BCUT2D eigenvalue weighted by atomic mass is 10.1. The number of nitrogens with zero attached hydrogens (tertiary/aromatic N) is 4. The van der Waals surface area contributed by atoms with Crippen LogP contribution in [0, 0.1) is 0 Å². The fourth-order valence-corrected chi connectivity index (χ4v) is 3.51. The molecule has 0 saturated heterocycles. The zero-order chi connectivity index (χ0) is 22.9. The van der Waals surface area contributed by atoms with Crippen molar-refractivity contribution < 1.29 is 24.2 Å². The van der Waals surface area contributed by atoms with Crippen molar-refractivity contribution in [2.24, 2.45) is 0 Å². The predicted molar refractivity (Wildman–Crippen MR) is 114 cm³/mol. The number of benzene rings is 2. The minimum atomic E-state index is -1.32. The third kappa shape index (κ3) is 7.06. The molecular weight excluding hydrogens is 458 g/mol. The number of ether oxygens (including phenoxy) is 1. The number of carboxylic acids is 1. The van der Waals surface area contributed by atoms with Gasteiger partial charge in [-0.05, 0) is 34.7 Å². The van der Waals surface area contributed by atoms with E-state index < -0.39 is 30.3 Å². The Balaban J connectivity index is 1.58. The molecule has 0 bridgehead atoms. The van der Waals surface area contributed by atoms with Gasteiger partial charge in [0.15, 0.2) is 5.78 Å². The third-order valence-electron chi connectivity index (χ3n) is 4.04. The summed E-state index contributed by atoms with van der Waals surface area (Å²) in [5, 5.41) is 23.9. The SMILES string of the molecule is O=C(O)CC(NC(=O)OCc1ccccc1)C(=O)Cn1nnc(Sc2ccccc2Cl)n1. The van der Waals surface area contributed by atoms with Gasteiger partial charge in [-0.3, -0.25) is 9.59 Å². The normalized spacial score (nSPS) is 11.5. The van der Waals surface area contributed by atoms with Crippen LogP contribution in [0.1, 0.15) is 12.0 Å². The fraction of sp³-hybridized carbons (Fsp3) is 0.200. The maximum Gasteiger partial charge on any atom is 0.408 e. The molecule has 0 aliphatic carbocycles. The number of ketones is 1. The molecule has 0 aliphatic rings. The summed E-state index contributed by atoms with van der Waals surface area (Å²) in [6.45, 7) is -0.402. The first-order chi connectivity index (χ1) is 15.4. The van der Waals surface area contributed by atoms with Gasteiger partial charge in [-0.25, -0.2) is 4.79 Å². The molecule has 1 atom stereocenters. The second-order valence-electron chi connectivity index (χ2n) is 6.46. The van der Waals surface area contributed by atoms with E-state index in [9.17, 15) is 14.4 Å². The van der Waals surface area contributed by atoms with Gasteiger partial charge in [-0.2, -0.15) is 4.80 Å². The molecule has 1 aromatic heterocycles. The molecular formula is C20H18ClN5O5S. The van der Waals surface area contributed by atoms with Gasteiger partial charge in [0.2, 0.25) is 5.16 Å². The molecule has 0 fully saturated rings. The minimum Gasteiger partial charge on any atom is -0.481 e. The number of rotatable bonds is 10. The Hall–Kier alpha value is -3.44. The molecule has 3 aromatic rings. The maximum atomic E-state index is 12.6. The van der Waals surface area contributed by atoms with Gasteiger partial charge in [0, 0.05) is 4.90 Å². The van der Waals surface area contributed by atoms with Crippen LogP contribution >= 0.6 is 23.4 Å². The highest BCUT2D eigenvalue weighted by atomic mass is 35.5. The first kappa shape index (κ1) is 23.2. The summed E-state index contributed by atoms with van der Waals surface area (Å²) >= 11 is 7.27. The summed E-state index contributed by atoms with van der Waals surface area (Å²) in [6.07, 6.45) is -1.52. The summed E-state index contributed by atoms with van der Waals surface area (Å²) in [5.41, 5.74) is 0.749. The molecule has 0 aliphatic heterocycles. The van der Waals surface area contributed by atoms with Gasteiger partial charge in [-0.1, -0.05) is 54.1 Å². The van der Waals surface area contributed by atoms with Crippen molar-refractivity contribution in [3.05, 3.63) is 65.2 Å². The number of tetrazole rings is 1. The van der Waals surface area contributed by atoms with Gasteiger partial charge in [0.1, 0.15) is 19.2 Å². The van der Waals surface area contributed by atoms with Crippen LogP contribution in [0.4, 0.5) is 4.79 Å². The molecule has 3 rings (SSSR count). The van der Waals surface area contributed by atoms with E-state index in [1.54, 1.807) is 48.5 Å². The highest BCUT2D eigenvalue weighted by Gasteiger charge is 2.25. The van der Waals surface area contributed by atoms with E-state index >= 15 is 0 Å². The highest BCUT2D eigenvalue weighted by molar-refractivity contribution is 7.99. The molecule has 0 saturated carbocycles. The molecule has 1 unspecified atom stereocenters. The standard InChI is InChI=1S/C20H18ClN5O5S/c21-14-8-4-5-9-17(14)32-19-23-25-26(24-19)11-16(27)15(10-18(28)29)22-20(30)31-12-13-6-2-1-3-7-13/h1-9,15H,10-12H2,(H,22,30)(H,28,29). The number of hydrogen-bond donors (Lipinski definition) is 2. The predicted octanol–water partition coefficient (Wildman–Crippen LogP) is 2.82. The average Bonchev–Trinajstić information content (AvgIpc) is 3.20. The Morgan fingerprint density at radius 1 is 1.12 bits per heavy atom. The van der Waals surface area contributed by atoms with Crippen LogP contribution in [0.5, 0.6) is 0 Å².